The van der Waals surface area contributed by atoms with E-state index in [2.05, 4.69) is 20.5 Å². The van der Waals surface area contributed by atoms with Crippen LogP contribution in [0.2, 0.25) is 0 Å². The fraction of sp³-hybridized carbons (Fsp3) is 0.379. The van der Waals surface area contributed by atoms with E-state index in [1.54, 1.807) is 31.0 Å². The molecule has 3 aromatic rings. The first-order valence-electron chi connectivity index (χ1n) is 13.2. The van der Waals surface area contributed by atoms with Crippen LogP contribution in [0.4, 0.5) is 5.69 Å². The summed E-state index contributed by atoms with van der Waals surface area (Å²) in [6.07, 6.45) is 3.31. The molecule has 1 saturated heterocycles. The molecule has 0 aliphatic carbocycles. The highest BCUT2D eigenvalue weighted by Crippen LogP contribution is 2.38. The molecule has 3 aliphatic rings. The second-order valence-electron chi connectivity index (χ2n) is 10.3. The number of aromatic nitrogens is 1. The molecular weight excluding hydrogens is 548 g/mol. The van der Waals surface area contributed by atoms with Crippen molar-refractivity contribution in [2.24, 2.45) is 5.92 Å². The van der Waals surface area contributed by atoms with E-state index >= 15 is 0 Å². The standard InChI is InChI=1S/C29H30N4O5S2/c1-37-19-4-5-22-20(10-19)21-7-16(14-39-26(21)11-30-22)12-33-13-18(9-24(33)29(36)38-2)31-28(35)17-3-6-25-23(8-17)32-27(34)15-40-25/h3-6,8,10-11,16,18,24H,7,9,12-15H2,1-2H3,(H,31,35)(H,32,34). The van der Waals surface area contributed by atoms with Gasteiger partial charge in [-0.1, -0.05) is 0 Å². The van der Waals surface area contributed by atoms with Crippen molar-refractivity contribution in [2.75, 3.05) is 44.1 Å². The lowest BCUT2D eigenvalue weighted by Gasteiger charge is -2.31. The average Bonchev–Trinajstić information content (AvgIpc) is 3.37. The summed E-state index contributed by atoms with van der Waals surface area (Å²) in [6.45, 7) is 1.27. The minimum atomic E-state index is -0.421. The summed E-state index contributed by atoms with van der Waals surface area (Å²) in [4.78, 5) is 46.6. The van der Waals surface area contributed by atoms with Crippen LogP contribution in [-0.2, 0) is 20.7 Å². The minimum absolute atomic E-state index is 0.0747. The second kappa shape index (κ2) is 11.3. The molecule has 3 unspecified atom stereocenters. The molecule has 2 aromatic carbocycles. The number of thioether (sulfide) groups is 2. The average molecular weight is 579 g/mol. The Morgan fingerprint density at radius 2 is 2.02 bits per heavy atom. The summed E-state index contributed by atoms with van der Waals surface area (Å²) in [5.41, 5.74) is 3.34. The van der Waals surface area contributed by atoms with E-state index in [4.69, 9.17) is 9.47 Å². The molecule has 208 valence electrons. The van der Waals surface area contributed by atoms with Crippen molar-refractivity contribution >= 4 is 57.9 Å². The van der Waals surface area contributed by atoms with Gasteiger partial charge in [-0.25, -0.2) is 0 Å². The zero-order valence-corrected chi connectivity index (χ0v) is 23.9. The van der Waals surface area contributed by atoms with Crippen LogP contribution in [0.5, 0.6) is 5.75 Å². The number of esters is 1. The quantitative estimate of drug-likeness (QED) is 0.424. The van der Waals surface area contributed by atoms with Gasteiger partial charge in [0.2, 0.25) is 5.91 Å². The van der Waals surface area contributed by atoms with Gasteiger partial charge in [0.05, 0.1) is 31.2 Å². The fourth-order valence-corrected chi connectivity index (χ4v) is 7.68. The third kappa shape index (κ3) is 5.37. The molecule has 11 heteroatoms. The molecule has 1 aromatic heterocycles. The summed E-state index contributed by atoms with van der Waals surface area (Å²) in [7, 11) is 3.07. The van der Waals surface area contributed by atoms with Crippen LogP contribution in [0.15, 0.2) is 52.4 Å². The van der Waals surface area contributed by atoms with Gasteiger partial charge in [-0.15, -0.1) is 23.5 Å². The molecule has 1 fully saturated rings. The van der Waals surface area contributed by atoms with Crippen molar-refractivity contribution < 1.29 is 23.9 Å². The summed E-state index contributed by atoms with van der Waals surface area (Å²) >= 11 is 3.25. The Hall–Kier alpha value is -3.28. The van der Waals surface area contributed by atoms with Crippen LogP contribution in [0.3, 0.4) is 0 Å². The predicted octanol–water partition coefficient (Wildman–Crippen LogP) is 3.60. The Balaban J connectivity index is 1.16. The lowest BCUT2D eigenvalue weighted by atomic mass is 9.96. The van der Waals surface area contributed by atoms with Gasteiger partial charge in [0.15, 0.2) is 0 Å². The Bertz CT molecular complexity index is 1490. The van der Waals surface area contributed by atoms with Crippen LogP contribution in [-0.4, -0.2) is 78.6 Å². The maximum absolute atomic E-state index is 13.1. The van der Waals surface area contributed by atoms with E-state index in [0.717, 1.165) is 33.7 Å². The Labute approximate surface area is 240 Å². The number of methoxy groups -OCH3 is 2. The van der Waals surface area contributed by atoms with Crippen molar-refractivity contribution in [2.45, 2.75) is 34.7 Å². The zero-order valence-electron chi connectivity index (χ0n) is 22.3. The molecule has 0 radical (unpaired) electrons. The van der Waals surface area contributed by atoms with Crippen LogP contribution in [0, 0.1) is 5.92 Å². The fourth-order valence-electron chi connectivity index (χ4n) is 5.76. The molecule has 0 saturated carbocycles. The van der Waals surface area contributed by atoms with E-state index < -0.39 is 6.04 Å². The highest BCUT2D eigenvalue weighted by molar-refractivity contribution is 8.00. The number of rotatable bonds is 6. The Morgan fingerprint density at radius 1 is 1.15 bits per heavy atom. The third-order valence-corrected chi connectivity index (χ3v) is 10.1. The number of likely N-dealkylation sites (tertiary alicyclic amines) is 1. The zero-order chi connectivity index (χ0) is 27.8. The predicted molar refractivity (Wildman–Crippen MR) is 155 cm³/mol. The number of anilines is 1. The third-order valence-electron chi connectivity index (χ3n) is 7.69. The maximum Gasteiger partial charge on any atom is 0.323 e. The van der Waals surface area contributed by atoms with E-state index in [9.17, 15) is 14.4 Å². The summed E-state index contributed by atoms with van der Waals surface area (Å²) in [6, 6.07) is 10.7. The first kappa shape index (κ1) is 26.9. The summed E-state index contributed by atoms with van der Waals surface area (Å²) in [5.74, 6) is 1.83. The number of ether oxygens (including phenoxy) is 2. The Morgan fingerprint density at radius 3 is 2.85 bits per heavy atom. The van der Waals surface area contributed by atoms with Crippen LogP contribution >= 0.6 is 23.5 Å². The SMILES string of the molecule is COC(=O)C1CC(NC(=O)c2ccc3c(c2)NC(=O)CS3)CN1CC1CSc2cnc3ccc(OC)cc3c2C1. The van der Waals surface area contributed by atoms with Gasteiger partial charge in [-0.3, -0.25) is 24.3 Å². The van der Waals surface area contributed by atoms with Crippen LogP contribution in [0.25, 0.3) is 10.9 Å². The monoisotopic (exact) mass is 578 g/mol. The van der Waals surface area contributed by atoms with E-state index in [1.165, 1.54) is 29.3 Å². The number of nitrogens with zero attached hydrogens (tertiary/aromatic N) is 2. The van der Waals surface area contributed by atoms with Crippen LogP contribution in [0.1, 0.15) is 22.3 Å². The molecule has 3 atom stereocenters. The molecule has 4 heterocycles. The minimum Gasteiger partial charge on any atom is -0.497 e. The van der Waals surface area contributed by atoms with Gasteiger partial charge >= 0.3 is 5.97 Å². The number of fused-ring (bicyclic) bond motifs is 4. The van der Waals surface area contributed by atoms with E-state index in [0.29, 0.717) is 42.4 Å². The van der Waals surface area contributed by atoms with Crippen molar-refractivity contribution in [1.82, 2.24) is 15.2 Å². The number of benzene rings is 2. The topological polar surface area (TPSA) is 110 Å². The first-order valence-corrected chi connectivity index (χ1v) is 15.2. The molecule has 6 rings (SSSR count). The van der Waals surface area contributed by atoms with Crippen LogP contribution < -0.4 is 15.4 Å². The van der Waals surface area contributed by atoms with Gasteiger partial charge in [-0.2, -0.15) is 0 Å². The van der Waals surface area contributed by atoms with Gasteiger partial charge in [-0.05, 0) is 60.7 Å². The van der Waals surface area contributed by atoms with Crippen molar-refractivity contribution in [3.8, 4) is 5.75 Å². The highest BCUT2D eigenvalue weighted by Gasteiger charge is 2.40. The molecule has 2 N–H and O–H groups in total. The highest BCUT2D eigenvalue weighted by atomic mass is 32.2. The second-order valence-corrected chi connectivity index (χ2v) is 12.4. The number of carbonyl (C=O) groups is 3. The van der Waals surface area contributed by atoms with Gasteiger partial charge in [0, 0.05) is 51.8 Å². The number of amides is 2. The lowest BCUT2D eigenvalue weighted by Crippen LogP contribution is -2.42. The molecule has 40 heavy (non-hydrogen) atoms. The number of nitrogens with one attached hydrogen (secondary N) is 2. The van der Waals surface area contributed by atoms with Crippen molar-refractivity contribution in [1.29, 1.82) is 0 Å². The van der Waals surface area contributed by atoms with E-state index in [-0.39, 0.29) is 23.8 Å². The summed E-state index contributed by atoms with van der Waals surface area (Å²) in [5, 5.41) is 7.04. The molecule has 2 amide bonds. The normalized spacial score (nSPS) is 22.2. The maximum atomic E-state index is 13.1. The van der Waals surface area contributed by atoms with E-state index in [1.807, 2.05) is 30.5 Å². The summed E-state index contributed by atoms with van der Waals surface area (Å²) < 4.78 is 10.6. The van der Waals surface area contributed by atoms with Crippen molar-refractivity contribution in [3.05, 3.63) is 53.7 Å². The Kier molecular flexibility index (Phi) is 7.61. The number of pyridine rings is 1. The number of hydrogen-bond acceptors (Lipinski definition) is 9. The first-order chi connectivity index (χ1) is 19.4. The van der Waals surface area contributed by atoms with Gasteiger partial charge in [0.25, 0.3) is 5.91 Å². The molecule has 9 nitrogen and oxygen atoms in total. The number of carbonyl (C=O) groups excluding carboxylic acids is 3. The molecule has 0 spiro atoms. The molecular formula is C29H30N4O5S2. The van der Waals surface area contributed by atoms with Gasteiger partial charge in [0.1, 0.15) is 11.8 Å². The smallest absolute Gasteiger partial charge is 0.323 e. The van der Waals surface area contributed by atoms with Crippen molar-refractivity contribution in [3.63, 3.8) is 0 Å². The largest absolute Gasteiger partial charge is 0.497 e. The molecule has 0 bridgehead atoms. The van der Waals surface area contributed by atoms with Gasteiger partial charge < -0.3 is 20.1 Å². The molecule has 3 aliphatic heterocycles. The lowest BCUT2D eigenvalue weighted by molar-refractivity contribution is -0.146. The number of hydrogen-bond donors (Lipinski definition) is 2.